The van der Waals surface area contributed by atoms with Crippen LogP contribution in [0.3, 0.4) is 0 Å². The zero-order valence-corrected chi connectivity index (χ0v) is 11.8. The monoisotopic (exact) mass is 289 g/mol. The fourth-order valence-electron chi connectivity index (χ4n) is 1.70. The number of sulfonamides is 1. The van der Waals surface area contributed by atoms with Crippen LogP contribution in [0.25, 0.3) is 0 Å². The van der Waals surface area contributed by atoms with Crippen molar-refractivity contribution >= 4 is 16.0 Å². The van der Waals surface area contributed by atoms with Gasteiger partial charge in [0.05, 0.1) is 37.8 Å². The van der Waals surface area contributed by atoms with Gasteiger partial charge in [-0.15, -0.1) is 0 Å². The Labute approximate surface area is 112 Å². The molecule has 0 spiro atoms. The number of carboxylic acid groups (broad SMARTS) is 1. The number of hydrogen-bond donors (Lipinski definition) is 3. The van der Waals surface area contributed by atoms with Gasteiger partial charge in [-0.05, 0) is 19.9 Å². The molecule has 0 unspecified atom stereocenters. The van der Waals surface area contributed by atoms with Crippen molar-refractivity contribution < 1.29 is 23.2 Å². The highest BCUT2D eigenvalue weighted by atomic mass is 32.2. The van der Waals surface area contributed by atoms with E-state index in [0.717, 1.165) is 25.4 Å². The van der Waals surface area contributed by atoms with Crippen LogP contribution in [0.5, 0.6) is 0 Å². The molecule has 1 aromatic rings. The van der Waals surface area contributed by atoms with E-state index in [2.05, 4.69) is 9.71 Å². The second-order valence-corrected chi connectivity index (χ2v) is 5.91. The summed E-state index contributed by atoms with van der Waals surface area (Å²) < 4.78 is 26.2. The van der Waals surface area contributed by atoms with Crippen molar-refractivity contribution in [3.05, 3.63) is 18.0 Å². The summed E-state index contributed by atoms with van der Waals surface area (Å²) in [4.78, 5) is 14.1. The van der Waals surface area contributed by atoms with Gasteiger partial charge in [0.2, 0.25) is 10.0 Å². The third kappa shape index (κ3) is 4.34. The summed E-state index contributed by atoms with van der Waals surface area (Å²) in [7, 11) is -3.67. The van der Waals surface area contributed by atoms with Gasteiger partial charge in [-0.2, -0.15) is 0 Å². The maximum absolute atomic E-state index is 11.9. The molecule has 0 saturated heterocycles. The zero-order valence-electron chi connectivity index (χ0n) is 11.0. The Bertz CT molecular complexity index is 520. The molecular formula is C11H19N3O4S. The van der Waals surface area contributed by atoms with Gasteiger partial charge in [-0.1, -0.05) is 0 Å². The van der Waals surface area contributed by atoms with Crippen LogP contribution in [0.2, 0.25) is 0 Å². The molecule has 0 amide bonds. The molecule has 0 aliphatic heterocycles. The molecule has 0 aromatic carbocycles. The lowest BCUT2D eigenvalue weighted by Crippen LogP contribution is -3.12. The predicted molar refractivity (Wildman–Crippen MR) is 67.2 cm³/mol. The second-order valence-electron chi connectivity index (χ2n) is 4.14. The molecule has 8 heteroatoms. The van der Waals surface area contributed by atoms with Crippen LogP contribution in [0.4, 0.5) is 0 Å². The molecular weight excluding hydrogens is 270 g/mol. The summed E-state index contributed by atoms with van der Waals surface area (Å²) in [6.07, 6.45) is 1.14. The van der Waals surface area contributed by atoms with E-state index < -0.39 is 16.0 Å². The number of rotatable bonds is 8. The minimum Gasteiger partial charge on any atom is -0.543 e. The molecule has 0 radical (unpaired) electrons. The molecule has 1 rings (SSSR count). The van der Waals surface area contributed by atoms with Gasteiger partial charge >= 0.3 is 0 Å². The first kappa shape index (κ1) is 15.7. The van der Waals surface area contributed by atoms with Gasteiger partial charge < -0.3 is 19.8 Å². The fraction of sp³-hybridized carbons (Fsp3) is 0.545. The highest BCUT2D eigenvalue weighted by Gasteiger charge is 2.16. The van der Waals surface area contributed by atoms with Crippen molar-refractivity contribution in [2.75, 3.05) is 26.2 Å². The van der Waals surface area contributed by atoms with E-state index in [0.29, 0.717) is 13.1 Å². The topological polar surface area (TPSA) is 107 Å². The third-order valence-electron chi connectivity index (χ3n) is 2.96. The van der Waals surface area contributed by atoms with Gasteiger partial charge in [0.25, 0.3) is 0 Å². The zero-order chi connectivity index (χ0) is 14.5. The highest BCUT2D eigenvalue weighted by molar-refractivity contribution is 7.89. The number of quaternary nitrogens is 1. The number of aromatic amines is 1. The van der Waals surface area contributed by atoms with Crippen molar-refractivity contribution in [2.24, 2.45) is 0 Å². The van der Waals surface area contributed by atoms with Gasteiger partial charge in [-0.3, -0.25) is 0 Å². The molecule has 0 aliphatic rings. The Balaban J connectivity index is 2.63. The van der Waals surface area contributed by atoms with Gasteiger partial charge in [0, 0.05) is 6.20 Å². The Morgan fingerprint density at radius 3 is 2.53 bits per heavy atom. The van der Waals surface area contributed by atoms with Gasteiger partial charge in [-0.25, -0.2) is 13.1 Å². The minimum absolute atomic E-state index is 0.0961. The molecule has 0 fully saturated rings. The largest absolute Gasteiger partial charge is 0.543 e. The molecule has 1 aromatic heterocycles. The fourth-order valence-corrected chi connectivity index (χ4v) is 2.72. The maximum Gasteiger partial charge on any atom is 0.242 e. The van der Waals surface area contributed by atoms with E-state index in [9.17, 15) is 18.3 Å². The Kier molecular flexibility index (Phi) is 5.52. The molecule has 19 heavy (non-hydrogen) atoms. The van der Waals surface area contributed by atoms with Gasteiger partial charge in [0.15, 0.2) is 0 Å². The molecule has 108 valence electrons. The normalized spacial score (nSPS) is 11.9. The third-order valence-corrected chi connectivity index (χ3v) is 4.40. The van der Waals surface area contributed by atoms with Crippen LogP contribution in [-0.2, 0) is 10.0 Å². The maximum atomic E-state index is 11.9. The SMILES string of the molecule is CC[NH+](CC)CCNS(=O)(=O)c1c[nH]c(C(=O)[O-])c1. The van der Waals surface area contributed by atoms with Crippen molar-refractivity contribution in [3.8, 4) is 0 Å². The van der Waals surface area contributed by atoms with Crippen LogP contribution < -0.4 is 14.7 Å². The summed E-state index contributed by atoms with van der Waals surface area (Å²) in [5, 5.41) is 10.6. The summed E-state index contributed by atoms with van der Waals surface area (Å²) in [5.74, 6) is -1.44. The number of H-pyrrole nitrogens is 1. The van der Waals surface area contributed by atoms with Crippen LogP contribution in [0.15, 0.2) is 17.2 Å². The predicted octanol–water partition coefficient (Wildman–Crippen LogP) is -2.42. The number of nitrogens with one attached hydrogen (secondary N) is 3. The number of carbonyl (C=O) groups is 1. The van der Waals surface area contributed by atoms with Crippen LogP contribution >= 0.6 is 0 Å². The van der Waals surface area contributed by atoms with Crippen molar-refractivity contribution in [1.82, 2.24) is 9.71 Å². The first-order valence-electron chi connectivity index (χ1n) is 6.13. The molecule has 1 heterocycles. The molecule has 0 aliphatic carbocycles. The first-order chi connectivity index (χ1) is 8.90. The van der Waals surface area contributed by atoms with E-state index in [-0.39, 0.29) is 10.6 Å². The lowest BCUT2D eigenvalue weighted by molar-refractivity contribution is -0.895. The Morgan fingerprint density at radius 1 is 1.42 bits per heavy atom. The number of aromatic nitrogens is 1. The molecule has 0 atom stereocenters. The van der Waals surface area contributed by atoms with Crippen LogP contribution in [0.1, 0.15) is 24.3 Å². The van der Waals surface area contributed by atoms with E-state index in [4.69, 9.17) is 0 Å². The summed E-state index contributed by atoms with van der Waals surface area (Å²) in [6.45, 7) is 6.92. The van der Waals surface area contributed by atoms with Crippen molar-refractivity contribution in [2.45, 2.75) is 18.7 Å². The van der Waals surface area contributed by atoms with E-state index in [1.165, 1.54) is 4.90 Å². The molecule has 7 nitrogen and oxygen atoms in total. The quantitative estimate of drug-likeness (QED) is 0.495. The minimum atomic E-state index is -3.67. The molecule has 0 saturated carbocycles. The summed E-state index contributed by atoms with van der Waals surface area (Å²) in [6, 6.07) is 1.04. The number of carboxylic acids is 1. The van der Waals surface area contributed by atoms with Crippen molar-refractivity contribution in [3.63, 3.8) is 0 Å². The lowest BCUT2D eigenvalue weighted by Gasteiger charge is -2.15. The smallest absolute Gasteiger partial charge is 0.242 e. The number of aromatic carboxylic acids is 1. The summed E-state index contributed by atoms with van der Waals surface area (Å²) >= 11 is 0. The Morgan fingerprint density at radius 2 is 2.05 bits per heavy atom. The number of likely N-dealkylation sites (N-methyl/N-ethyl adjacent to an activating group) is 1. The first-order valence-corrected chi connectivity index (χ1v) is 7.62. The van der Waals surface area contributed by atoms with E-state index in [1.54, 1.807) is 0 Å². The van der Waals surface area contributed by atoms with Crippen molar-refractivity contribution in [1.29, 1.82) is 0 Å². The average molecular weight is 289 g/mol. The summed E-state index contributed by atoms with van der Waals surface area (Å²) in [5.41, 5.74) is -0.255. The average Bonchev–Trinajstić information content (AvgIpc) is 2.85. The number of carbonyl (C=O) groups excluding carboxylic acids is 1. The molecule has 3 N–H and O–H groups in total. The molecule has 0 bridgehead atoms. The van der Waals surface area contributed by atoms with E-state index >= 15 is 0 Å². The van der Waals surface area contributed by atoms with E-state index in [1.807, 2.05) is 13.8 Å². The Hall–Kier alpha value is -1.38. The second kappa shape index (κ2) is 6.69. The number of hydrogen-bond acceptors (Lipinski definition) is 4. The van der Waals surface area contributed by atoms with Crippen LogP contribution in [0, 0.1) is 0 Å². The van der Waals surface area contributed by atoms with Crippen LogP contribution in [-0.4, -0.2) is 45.6 Å². The standard InChI is InChI=1S/C11H19N3O4S/c1-3-14(4-2)6-5-13-19(17,18)9-7-10(11(15)16)12-8-9/h7-8,12-13H,3-6H2,1-2H3,(H,15,16). The van der Waals surface area contributed by atoms with Gasteiger partial charge in [0.1, 0.15) is 4.90 Å². The lowest BCUT2D eigenvalue weighted by atomic mass is 10.4. The highest BCUT2D eigenvalue weighted by Crippen LogP contribution is 2.09.